The number of imidazole rings is 1. The molecule has 0 aliphatic carbocycles. The van der Waals surface area contributed by atoms with Crippen LogP contribution in [0.15, 0.2) is 47.4 Å². The fourth-order valence-electron chi connectivity index (χ4n) is 3.27. The van der Waals surface area contributed by atoms with Crippen LogP contribution < -0.4 is 16.4 Å². The lowest BCUT2D eigenvalue weighted by molar-refractivity contribution is 0.203. The van der Waals surface area contributed by atoms with Gasteiger partial charge in [-0.3, -0.25) is 4.90 Å². The second-order valence-electron chi connectivity index (χ2n) is 7.58. The first-order valence-electron chi connectivity index (χ1n) is 11.0. The molecule has 0 radical (unpaired) electrons. The Hall–Kier alpha value is -3.50. The first-order chi connectivity index (χ1) is 16.7. The van der Waals surface area contributed by atoms with E-state index >= 15 is 0 Å². The molecule has 1 amide bonds. The zero-order valence-corrected chi connectivity index (χ0v) is 21.3. The molecule has 0 atom stereocenters. The molecule has 0 fully saturated rings. The van der Waals surface area contributed by atoms with Crippen LogP contribution in [0.3, 0.4) is 0 Å². The highest BCUT2D eigenvalue weighted by Gasteiger charge is 2.13. The van der Waals surface area contributed by atoms with Crippen molar-refractivity contribution in [1.82, 2.24) is 19.9 Å². The molecule has 0 unspecified atom stereocenters. The lowest BCUT2D eigenvalue weighted by Gasteiger charge is -2.10. The van der Waals surface area contributed by atoms with Crippen LogP contribution in [-0.2, 0) is 6.42 Å². The minimum absolute atomic E-state index is 0.206. The van der Waals surface area contributed by atoms with Crippen molar-refractivity contribution in [2.75, 3.05) is 29.2 Å². The van der Waals surface area contributed by atoms with Gasteiger partial charge < -0.3 is 21.6 Å². The van der Waals surface area contributed by atoms with Crippen molar-refractivity contribution in [3.05, 3.63) is 53.2 Å². The molecule has 184 valence electrons. The Morgan fingerprint density at radius 1 is 1.11 bits per heavy atom. The number of aromatic amines is 1. The van der Waals surface area contributed by atoms with E-state index in [4.69, 9.17) is 28.2 Å². The van der Waals surface area contributed by atoms with Crippen LogP contribution in [0, 0.1) is 0 Å². The molecule has 0 aliphatic heterocycles. The van der Waals surface area contributed by atoms with E-state index in [9.17, 15) is 4.79 Å². The van der Waals surface area contributed by atoms with E-state index in [1.165, 1.54) is 7.05 Å². The molecule has 0 saturated carbocycles. The molecule has 6 N–H and O–H groups in total. The van der Waals surface area contributed by atoms with Gasteiger partial charge in [0.1, 0.15) is 5.82 Å². The van der Waals surface area contributed by atoms with Crippen LogP contribution >= 0.6 is 23.4 Å². The predicted molar refractivity (Wildman–Crippen MR) is 144 cm³/mol. The van der Waals surface area contributed by atoms with E-state index in [1.807, 2.05) is 49.4 Å². The highest BCUT2D eigenvalue weighted by molar-refractivity contribution is 7.99. The predicted octanol–water partition coefficient (Wildman–Crippen LogP) is 5.70. The van der Waals surface area contributed by atoms with Crippen molar-refractivity contribution in [2.24, 2.45) is 0 Å². The summed E-state index contributed by atoms with van der Waals surface area (Å²) in [4.78, 5) is 28.5. The van der Waals surface area contributed by atoms with E-state index < -0.39 is 6.09 Å². The molecule has 4 rings (SSSR count). The maximum atomic E-state index is 10.8. The number of nitrogens with one attached hydrogen (secondary N) is 1. The number of thioether (sulfide) groups is 1. The van der Waals surface area contributed by atoms with Gasteiger partial charge >= 0.3 is 6.09 Å². The number of nitrogens with two attached hydrogens (primary N) is 2. The SMILES string of the molecule is CCCSc1ccc2nc(N(C)C(=O)O)[nH]c2c1.CCc1nc(N)nc(N)c1-c1ccc(Cl)cc1. The number of hydrogen-bond acceptors (Lipinski definition) is 7. The quantitative estimate of drug-likeness (QED) is 0.240. The smallest absolute Gasteiger partial charge is 0.413 e. The summed E-state index contributed by atoms with van der Waals surface area (Å²) in [6.07, 6.45) is 0.836. The van der Waals surface area contributed by atoms with Gasteiger partial charge in [0, 0.05) is 22.5 Å². The lowest BCUT2D eigenvalue weighted by Crippen LogP contribution is -2.24. The van der Waals surface area contributed by atoms with Gasteiger partial charge in [0.15, 0.2) is 0 Å². The van der Waals surface area contributed by atoms with E-state index in [2.05, 4.69) is 26.9 Å². The summed E-state index contributed by atoms with van der Waals surface area (Å²) in [5, 5.41) is 9.58. The highest BCUT2D eigenvalue weighted by Crippen LogP contribution is 2.29. The zero-order chi connectivity index (χ0) is 25.5. The van der Waals surface area contributed by atoms with Crippen molar-refractivity contribution in [2.45, 2.75) is 31.6 Å². The number of H-pyrrole nitrogens is 1. The third kappa shape index (κ3) is 6.55. The summed E-state index contributed by atoms with van der Waals surface area (Å²) in [6.45, 7) is 4.14. The summed E-state index contributed by atoms with van der Waals surface area (Å²) in [5.74, 6) is 2.02. The summed E-state index contributed by atoms with van der Waals surface area (Å²) >= 11 is 7.64. The van der Waals surface area contributed by atoms with Gasteiger partial charge in [0.05, 0.1) is 16.7 Å². The number of benzene rings is 2. The highest BCUT2D eigenvalue weighted by atomic mass is 35.5. The maximum Gasteiger partial charge on any atom is 0.413 e. The number of nitrogens with zero attached hydrogens (tertiary/aromatic N) is 4. The van der Waals surface area contributed by atoms with Crippen molar-refractivity contribution in [1.29, 1.82) is 0 Å². The van der Waals surface area contributed by atoms with Crippen molar-refractivity contribution in [3.63, 3.8) is 0 Å². The van der Waals surface area contributed by atoms with Crippen LogP contribution in [0.25, 0.3) is 22.2 Å². The average Bonchev–Trinajstić information content (AvgIpc) is 3.26. The summed E-state index contributed by atoms with van der Waals surface area (Å²) < 4.78 is 0. The standard InChI is InChI=1S/C12H13ClN4.C12H15N3O2S/c1-2-9-10(11(14)17-12(15)16-9)7-3-5-8(13)6-4-7;1-3-6-18-8-4-5-9-10(7-8)14-11(13-9)15(2)12(16)17/h3-6H,2H2,1H3,(H4,14,15,16,17);4-5,7H,3,6H2,1-2H3,(H,13,14)(H,16,17). The first kappa shape index (κ1) is 26.1. The largest absolute Gasteiger partial charge is 0.465 e. The molecular weight excluding hydrogens is 486 g/mol. The zero-order valence-electron chi connectivity index (χ0n) is 19.7. The number of anilines is 3. The van der Waals surface area contributed by atoms with E-state index in [1.54, 1.807) is 11.8 Å². The molecule has 2 heterocycles. The van der Waals surface area contributed by atoms with Gasteiger partial charge in [-0.05, 0) is 54.5 Å². The normalized spacial score (nSPS) is 10.6. The second-order valence-corrected chi connectivity index (χ2v) is 9.18. The minimum Gasteiger partial charge on any atom is -0.465 e. The van der Waals surface area contributed by atoms with Crippen LogP contribution in [-0.4, -0.2) is 43.9 Å². The third-order valence-electron chi connectivity index (χ3n) is 5.02. The van der Waals surface area contributed by atoms with Crippen LogP contribution in [0.1, 0.15) is 26.0 Å². The van der Waals surface area contributed by atoms with Crippen LogP contribution in [0.2, 0.25) is 5.02 Å². The Morgan fingerprint density at radius 3 is 2.46 bits per heavy atom. The summed E-state index contributed by atoms with van der Waals surface area (Å²) in [7, 11) is 1.47. The molecule has 2 aromatic carbocycles. The van der Waals surface area contributed by atoms with E-state index in [0.29, 0.717) is 16.8 Å². The average molecular weight is 514 g/mol. The Kier molecular flexibility index (Phi) is 8.78. The molecule has 0 aliphatic rings. The Bertz CT molecular complexity index is 1310. The number of halogens is 1. The molecule has 9 nitrogen and oxygen atoms in total. The van der Waals surface area contributed by atoms with Gasteiger partial charge in [-0.25, -0.2) is 14.8 Å². The number of carbonyl (C=O) groups is 1. The Morgan fingerprint density at radius 2 is 1.83 bits per heavy atom. The number of aryl methyl sites for hydroxylation is 1. The van der Waals surface area contributed by atoms with Crippen LogP contribution in [0.4, 0.5) is 22.5 Å². The molecule has 11 heteroatoms. The monoisotopic (exact) mass is 513 g/mol. The number of aromatic nitrogens is 4. The number of nitrogen functional groups attached to an aromatic ring is 2. The topological polar surface area (TPSA) is 147 Å². The van der Waals surface area contributed by atoms with Crippen molar-refractivity contribution >= 4 is 58.2 Å². The number of rotatable bonds is 6. The number of carboxylic acid groups (broad SMARTS) is 1. The molecule has 2 aromatic heterocycles. The molecule has 0 bridgehead atoms. The van der Waals surface area contributed by atoms with E-state index in [0.717, 1.165) is 56.2 Å². The number of amides is 1. The summed E-state index contributed by atoms with van der Waals surface area (Å²) in [6, 6.07) is 13.3. The van der Waals surface area contributed by atoms with Crippen LogP contribution in [0.5, 0.6) is 0 Å². The molecule has 0 saturated heterocycles. The fraction of sp³-hybridized carbons (Fsp3) is 0.250. The minimum atomic E-state index is -1.03. The Balaban J connectivity index is 0.000000196. The van der Waals surface area contributed by atoms with Gasteiger partial charge in [-0.2, -0.15) is 4.98 Å². The lowest BCUT2D eigenvalue weighted by atomic mass is 10.0. The number of fused-ring (bicyclic) bond motifs is 1. The van der Waals surface area contributed by atoms with Gasteiger partial charge in [-0.1, -0.05) is 37.6 Å². The summed E-state index contributed by atoms with van der Waals surface area (Å²) in [5.41, 5.74) is 15.7. The molecular formula is C24H28ClN7O2S. The Labute approximate surface area is 212 Å². The molecule has 4 aromatic rings. The van der Waals surface area contributed by atoms with Gasteiger partial charge in [0.25, 0.3) is 0 Å². The third-order valence-corrected chi connectivity index (χ3v) is 6.47. The number of hydrogen-bond donors (Lipinski definition) is 4. The van der Waals surface area contributed by atoms with Crippen molar-refractivity contribution < 1.29 is 9.90 Å². The molecule has 35 heavy (non-hydrogen) atoms. The second kappa shape index (κ2) is 11.8. The maximum absolute atomic E-state index is 10.8. The first-order valence-corrected chi connectivity index (χ1v) is 12.4. The molecule has 0 spiro atoms. The van der Waals surface area contributed by atoms with Gasteiger partial charge in [-0.15, -0.1) is 11.8 Å². The van der Waals surface area contributed by atoms with Gasteiger partial charge in [0.2, 0.25) is 11.9 Å². The fourth-order valence-corrected chi connectivity index (χ4v) is 4.20. The van der Waals surface area contributed by atoms with Crippen molar-refractivity contribution in [3.8, 4) is 11.1 Å². The van der Waals surface area contributed by atoms with E-state index in [-0.39, 0.29) is 5.95 Å².